The molecule has 4 rings (SSSR count). The van der Waals surface area contributed by atoms with Crippen LogP contribution in [0.3, 0.4) is 0 Å². The second-order valence-electron chi connectivity index (χ2n) is 6.20. The van der Waals surface area contributed by atoms with Gasteiger partial charge in [0.2, 0.25) is 10.0 Å². The Kier molecular flexibility index (Phi) is 5.54. The second kappa shape index (κ2) is 8.08. The number of nitrogens with one attached hydrogen (secondary N) is 2. The van der Waals surface area contributed by atoms with E-state index in [2.05, 4.69) is 15.0 Å². The summed E-state index contributed by atoms with van der Waals surface area (Å²) in [7, 11) is -3.15. The SMILES string of the molecule is CS(=O)(=O)NCCc1ccc(-c2csc(Nc3ccc4c(c3)OCCO4)n2)s1. The minimum Gasteiger partial charge on any atom is -0.486 e. The quantitative estimate of drug-likeness (QED) is 0.588. The molecule has 1 aromatic carbocycles. The van der Waals surface area contributed by atoms with Crippen molar-refractivity contribution in [2.75, 3.05) is 31.3 Å². The molecule has 1 aliphatic rings. The van der Waals surface area contributed by atoms with E-state index in [1.165, 1.54) is 17.6 Å². The first-order valence-corrected chi connectivity index (χ1v) is 12.2. The van der Waals surface area contributed by atoms with E-state index in [0.717, 1.165) is 37.8 Å². The van der Waals surface area contributed by atoms with Gasteiger partial charge in [0.05, 0.1) is 16.8 Å². The van der Waals surface area contributed by atoms with Gasteiger partial charge in [0.1, 0.15) is 13.2 Å². The lowest BCUT2D eigenvalue weighted by molar-refractivity contribution is 0.171. The Morgan fingerprint density at radius 2 is 1.96 bits per heavy atom. The third-order valence-electron chi connectivity index (χ3n) is 3.95. The first kappa shape index (κ1) is 19.2. The predicted octanol–water partition coefficient (Wildman–Crippen LogP) is 3.48. The van der Waals surface area contributed by atoms with Crippen molar-refractivity contribution in [3.05, 3.63) is 40.6 Å². The average molecular weight is 438 g/mol. The number of sulfonamides is 1. The van der Waals surface area contributed by atoms with Gasteiger partial charge in [-0.25, -0.2) is 18.1 Å². The molecule has 0 amide bonds. The van der Waals surface area contributed by atoms with E-state index in [9.17, 15) is 8.42 Å². The number of hydrogen-bond donors (Lipinski definition) is 2. The molecule has 2 N–H and O–H groups in total. The third kappa shape index (κ3) is 4.82. The Morgan fingerprint density at radius 3 is 2.79 bits per heavy atom. The van der Waals surface area contributed by atoms with Crippen LogP contribution in [-0.2, 0) is 16.4 Å². The number of rotatable bonds is 7. The number of benzene rings is 1. The van der Waals surface area contributed by atoms with Gasteiger partial charge in [-0.1, -0.05) is 0 Å². The summed E-state index contributed by atoms with van der Waals surface area (Å²) >= 11 is 3.15. The molecule has 2 aromatic heterocycles. The Morgan fingerprint density at radius 1 is 1.14 bits per heavy atom. The molecule has 1 aliphatic heterocycles. The minimum absolute atomic E-state index is 0.396. The number of anilines is 2. The van der Waals surface area contributed by atoms with E-state index in [1.54, 1.807) is 11.3 Å². The van der Waals surface area contributed by atoms with Gasteiger partial charge in [-0.05, 0) is 30.7 Å². The van der Waals surface area contributed by atoms with E-state index < -0.39 is 10.0 Å². The Balaban J connectivity index is 1.40. The molecule has 0 atom stereocenters. The average Bonchev–Trinajstić information content (AvgIpc) is 3.30. The maximum atomic E-state index is 11.1. The molecular formula is C18H19N3O4S3. The van der Waals surface area contributed by atoms with Crippen LogP contribution in [-0.4, -0.2) is 39.4 Å². The Hall–Kier alpha value is -2.14. The van der Waals surface area contributed by atoms with Gasteiger partial charge in [0.15, 0.2) is 16.6 Å². The van der Waals surface area contributed by atoms with Crippen LogP contribution < -0.4 is 19.5 Å². The van der Waals surface area contributed by atoms with Crippen molar-refractivity contribution in [1.82, 2.24) is 9.71 Å². The van der Waals surface area contributed by atoms with Crippen molar-refractivity contribution < 1.29 is 17.9 Å². The maximum Gasteiger partial charge on any atom is 0.208 e. The molecule has 3 heterocycles. The van der Waals surface area contributed by atoms with Crippen LogP contribution in [0, 0.1) is 0 Å². The zero-order chi connectivity index (χ0) is 19.6. The van der Waals surface area contributed by atoms with Gasteiger partial charge < -0.3 is 14.8 Å². The van der Waals surface area contributed by atoms with Crippen LogP contribution in [0.1, 0.15) is 4.88 Å². The predicted molar refractivity (Wildman–Crippen MR) is 113 cm³/mol. The maximum absolute atomic E-state index is 11.1. The van der Waals surface area contributed by atoms with E-state index >= 15 is 0 Å². The van der Waals surface area contributed by atoms with Crippen LogP contribution in [0.15, 0.2) is 35.7 Å². The van der Waals surface area contributed by atoms with Crippen LogP contribution in [0.2, 0.25) is 0 Å². The van der Waals surface area contributed by atoms with Crippen molar-refractivity contribution in [3.63, 3.8) is 0 Å². The molecule has 0 radical (unpaired) electrons. The van der Waals surface area contributed by atoms with Crippen molar-refractivity contribution in [1.29, 1.82) is 0 Å². The third-order valence-corrected chi connectivity index (χ3v) is 6.60. The number of thiazole rings is 1. The molecule has 7 nitrogen and oxygen atoms in total. The highest BCUT2D eigenvalue weighted by Crippen LogP contribution is 2.35. The summed E-state index contributed by atoms with van der Waals surface area (Å²) in [5.41, 5.74) is 1.79. The number of hydrogen-bond acceptors (Lipinski definition) is 8. The molecule has 0 saturated heterocycles. The normalized spacial score (nSPS) is 13.5. The van der Waals surface area contributed by atoms with E-state index in [-0.39, 0.29) is 0 Å². The molecule has 0 unspecified atom stereocenters. The fraction of sp³-hybridized carbons (Fsp3) is 0.278. The lowest BCUT2D eigenvalue weighted by Crippen LogP contribution is -2.23. The topological polar surface area (TPSA) is 89.6 Å². The molecule has 148 valence electrons. The van der Waals surface area contributed by atoms with E-state index in [4.69, 9.17) is 9.47 Å². The summed E-state index contributed by atoms with van der Waals surface area (Å²) < 4.78 is 35.9. The number of thiophene rings is 1. The zero-order valence-corrected chi connectivity index (χ0v) is 17.5. The molecule has 0 fully saturated rings. The Bertz CT molecular complexity index is 1080. The van der Waals surface area contributed by atoms with Crippen molar-refractivity contribution in [2.45, 2.75) is 6.42 Å². The first-order chi connectivity index (χ1) is 13.5. The number of ether oxygens (including phenoxy) is 2. The van der Waals surface area contributed by atoms with Gasteiger partial charge in [-0.3, -0.25) is 0 Å². The molecule has 0 saturated carbocycles. The highest BCUT2D eigenvalue weighted by Gasteiger charge is 2.13. The summed E-state index contributed by atoms with van der Waals surface area (Å²) in [6, 6.07) is 9.77. The number of fused-ring (bicyclic) bond motifs is 1. The first-order valence-electron chi connectivity index (χ1n) is 8.62. The van der Waals surface area contributed by atoms with Gasteiger partial charge in [-0.15, -0.1) is 22.7 Å². The highest BCUT2D eigenvalue weighted by atomic mass is 32.2. The summed E-state index contributed by atoms with van der Waals surface area (Å²) in [6.45, 7) is 1.52. The van der Waals surface area contributed by atoms with Gasteiger partial charge in [0.25, 0.3) is 0 Å². The van der Waals surface area contributed by atoms with Crippen molar-refractivity contribution in [3.8, 4) is 22.1 Å². The molecular weight excluding hydrogens is 418 g/mol. The van der Waals surface area contributed by atoms with Crippen LogP contribution in [0.4, 0.5) is 10.8 Å². The Labute approximate surface area is 171 Å². The number of aromatic nitrogens is 1. The molecule has 3 aromatic rings. The fourth-order valence-electron chi connectivity index (χ4n) is 2.70. The minimum atomic E-state index is -3.15. The smallest absolute Gasteiger partial charge is 0.208 e. The summed E-state index contributed by atoms with van der Waals surface area (Å²) in [5, 5.41) is 6.10. The standard InChI is InChI=1S/C18H19N3O4S3/c1-28(22,23)19-7-6-13-3-5-17(27-13)14-11-26-18(21-14)20-12-2-4-15-16(10-12)25-9-8-24-15/h2-5,10-11,19H,6-9H2,1H3,(H,20,21). The van der Waals surface area contributed by atoms with Crippen molar-refractivity contribution >= 4 is 43.5 Å². The lowest BCUT2D eigenvalue weighted by Gasteiger charge is -2.18. The summed E-state index contributed by atoms with van der Waals surface area (Å²) in [5.74, 6) is 1.49. The van der Waals surface area contributed by atoms with Crippen molar-refractivity contribution in [2.24, 2.45) is 0 Å². The fourth-order valence-corrected chi connectivity index (χ4v) is 4.94. The molecule has 0 spiro atoms. The monoisotopic (exact) mass is 437 g/mol. The van der Waals surface area contributed by atoms with Gasteiger partial charge in [0, 0.05) is 28.6 Å². The van der Waals surface area contributed by atoms with Crippen LogP contribution >= 0.6 is 22.7 Å². The molecule has 0 bridgehead atoms. The van der Waals surface area contributed by atoms with Gasteiger partial charge in [-0.2, -0.15) is 0 Å². The summed E-state index contributed by atoms with van der Waals surface area (Å²) in [4.78, 5) is 6.82. The molecule has 0 aliphatic carbocycles. The second-order valence-corrected chi connectivity index (χ2v) is 10.1. The lowest BCUT2D eigenvalue weighted by atomic mass is 10.2. The zero-order valence-electron chi connectivity index (χ0n) is 15.1. The van der Waals surface area contributed by atoms with Gasteiger partial charge >= 0.3 is 0 Å². The van der Waals surface area contributed by atoms with Crippen LogP contribution in [0.5, 0.6) is 11.5 Å². The largest absolute Gasteiger partial charge is 0.486 e. The highest BCUT2D eigenvalue weighted by molar-refractivity contribution is 7.88. The molecule has 28 heavy (non-hydrogen) atoms. The number of nitrogens with zero attached hydrogens (tertiary/aromatic N) is 1. The molecule has 10 heteroatoms. The summed E-state index contributed by atoms with van der Waals surface area (Å²) in [6.07, 6.45) is 1.82. The van der Waals surface area contributed by atoms with E-state index in [0.29, 0.717) is 26.2 Å². The van der Waals surface area contributed by atoms with E-state index in [1.807, 2.05) is 35.7 Å². The van der Waals surface area contributed by atoms with Crippen LogP contribution in [0.25, 0.3) is 10.6 Å².